The Labute approximate surface area is 128 Å². The van der Waals surface area contributed by atoms with Crippen molar-refractivity contribution >= 4 is 23.2 Å². The van der Waals surface area contributed by atoms with Gasteiger partial charge >= 0.3 is 0 Å². The van der Waals surface area contributed by atoms with Crippen LogP contribution in [0.3, 0.4) is 0 Å². The molecule has 2 aromatic rings. The molecular formula is C15H16ClFN4. The fraction of sp³-hybridized carbons (Fsp3) is 0.333. The monoisotopic (exact) mass is 306 g/mol. The van der Waals surface area contributed by atoms with Gasteiger partial charge in [0.1, 0.15) is 0 Å². The van der Waals surface area contributed by atoms with Gasteiger partial charge in [-0.3, -0.25) is 0 Å². The zero-order valence-corrected chi connectivity index (χ0v) is 12.5. The largest absolute Gasteiger partial charge is 0.368 e. The number of nitrogens with zero attached hydrogens (tertiary/aromatic N) is 4. The predicted octanol–water partition coefficient (Wildman–Crippen LogP) is 2.90. The Balaban J connectivity index is 1.70. The molecule has 1 aromatic heterocycles. The summed E-state index contributed by atoms with van der Waals surface area (Å²) in [7, 11) is 0. The first-order chi connectivity index (χ1) is 10.1. The van der Waals surface area contributed by atoms with Gasteiger partial charge in [-0.05, 0) is 24.6 Å². The van der Waals surface area contributed by atoms with E-state index in [4.69, 9.17) is 11.6 Å². The van der Waals surface area contributed by atoms with Gasteiger partial charge in [-0.2, -0.15) is 0 Å². The number of hydrogen-bond acceptors (Lipinski definition) is 4. The van der Waals surface area contributed by atoms with E-state index in [0.717, 1.165) is 31.2 Å². The average molecular weight is 307 g/mol. The second-order valence-electron chi connectivity index (χ2n) is 5.11. The van der Waals surface area contributed by atoms with E-state index in [0.29, 0.717) is 5.95 Å². The lowest BCUT2D eigenvalue weighted by molar-refractivity contribution is 0.602. The maximum absolute atomic E-state index is 12.9. The standard InChI is InChI=1S/C15H16ClFN4/c1-11-2-3-12(16)8-14(11)20-4-6-21(7-5-20)15-18-9-13(17)10-19-15/h2-3,8-10H,4-7H2,1H3. The summed E-state index contributed by atoms with van der Waals surface area (Å²) in [4.78, 5) is 12.4. The molecule has 6 heteroatoms. The van der Waals surface area contributed by atoms with Gasteiger partial charge in [0.25, 0.3) is 0 Å². The molecule has 1 aliphatic heterocycles. The number of rotatable bonds is 2. The summed E-state index contributed by atoms with van der Waals surface area (Å²) in [6.07, 6.45) is 2.41. The van der Waals surface area contributed by atoms with Crippen LogP contribution >= 0.6 is 11.6 Å². The number of aromatic nitrogens is 2. The molecular weight excluding hydrogens is 291 g/mol. The Morgan fingerprint density at radius 3 is 2.33 bits per heavy atom. The summed E-state index contributed by atoms with van der Waals surface area (Å²) in [5, 5.41) is 0.750. The van der Waals surface area contributed by atoms with Crippen LogP contribution in [0.5, 0.6) is 0 Å². The Morgan fingerprint density at radius 2 is 1.67 bits per heavy atom. The highest BCUT2D eigenvalue weighted by Crippen LogP contribution is 2.25. The molecule has 110 valence electrons. The van der Waals surface area contributed by atoms with Crippen LogP contribution in [0.2, 0.25) is 5.02 Å². The molecule has 1 saturated heterocycles. The van der Waals surface area contributed by atoms with Crippen LogP contribution in [0.4, 0.5) is 16.0 Å². The molecule has 0 spiro atoms. The zero-order valence-electron chi connectivity index (χ0n) is 11.8. The quantitative estimate of drug-likeness (QED) is 0.854. The lowest BCUT2D eigenvalue weighted by atomic mass is 10.1. The van der Waals surface area contributed by atoms with Crippen LogP contribution in [0.25, 0.3) is 0 Å². The predicted molar refractivity (Wildman–Crippen MR) is 82.6 cm³/mol. The maximum Gasteiger partial charge on any atom is 0.225 e. The third-order valence-electron chi connectivity index (χ3n) is 3.68. The average Bonchev–Trinajstić information content (AvgIpc) is 2.51. The van der Waals surface area contributed by atoms with Crippen molar-refractivity contribution in [3.05, 3.63) is 47.0 Å². The van der Waals surface area contributed by atoms with E-state index in [9.17, 15) is 4.39 Å². The number of benzene rings is 1. The molecule has 1 aromatic carbocycles. The molecule has 3 rings (SSSR count). The number of piperazine rings is 1. The molecule has 1 aliphatic rings. The van der Waals surface area contributed by atoms with Crippen LogP contribution in [0.15, 0.2) is 30.6 Å². The first-order valence-corrected chi connectivity index (χ1v) is 7.25. The van der Waals surface area contributed by atoms with Gasteiger partial charge in [-0.15, -0.1) is 0 Å². The number of hydrogen-bond donors (Lipinski definition) is 0. The number of aryl methyl sites for hydroxylation is 1. The second kappa shape index (κ2) is 5.85. The molecule has 0 atom stereocenters. The summed E-state index contributed by atoms with van der Waals surface area (Å²) in [5.74, 6) is 0.172. The topological polar surface area (TPSA) is 32.3 Å². The van der Waals surface area contributed by atoms with Crippen LogP contribution in [-0.2, 0) is 0 Å². The van der Waals surface area contributed by atoms with Gasteiger partial charge in [0, 0.05) is 36.9 Å². The van der Waals surface area contributed by atoms with Crippen molar-refractivity contribution < 1.29 is 4.39 Å². The summed E-state index contributed by atoms with van der Waals surface area (Å²) in [5.41, 5.74) is 2.38. The van der Waals surface area contributed by atoms with Gasteiger partial charge in [-0.1, -0.05) is 17.7 Å². The minimum atomic E-state index is -0.410. The maximum atomic E-state index is 12.9. The van der Waals surface area contributed by atoms with Crippen molar-refractivity contribution in [3.63, 3.8) is 0 Å². The smallest absolute Gasteiger partial charge is 0.225 e. The Morgan fingerprint density at radius 1 is 1.05 bits per heavy atom. The highest BCUT2D eigenvalue weighted by atomic mass is 35.5. The van der Waals surface area contributed by atoms with E-state index < -0.39 is 5.82 Å². The van der Waals surface area contributed by atoms with E-state index in [1.165, 1.54) is 23.6 Å². The number of halogens is 2. The van der Waals surface area contributed by atoms with Crippen LogP contribution in [-0.4, -0.2) is 36.1 Å². The molecule has 0 unspecified atom stereocenters. The molecule has 0 N–H and O–H groups in total. The first-order valence-electron chi connectivity index (χ1n) is 6.87. The summed E-state index contributed by atoms with van der Waals surface area (Å²) in [6.45, 7) is 5.42. The summed E-state index contributed by atoms with van der Waals surface area (Å²) in [6, 6.07) is 5.94. The van der Waals surface area contributed by atoms with Gasteiger partial charge in [0.2, 0.25) is 5.95 Å². The van der Waals surface area contributed by atoms with E-state index in [1.807, 2.05) is 18.2 Å². The Hall–Kier alpha value is -1.88. The zero-order chi connectivity index (χ0) is 14.8. The summed E-state index contributed by atoms with van der Waals surface area (Å²) >= 11 is 6.08. The fourth-order valence-electron chi connectivity index (χ4n) is 2.54. The highest BCUT2D eigenvalue weighted by Gasteiger charge is 2.20. The SMILES string of the molecule is Cc1ccc(Cl)cc1N1CCN(c2ncc(F)cn2)CC1. The van der Waals surface area contributed by atoms with Crippen molar-refractivity contribution in [3.8, 4) is 0 Å². The Bertz CT molecular complexity index is 624. The number of anilines is 2. The minimum Gasteiger partial charge on any atom is -0.368 e. The molecule has 1 fully saturated rings. The molecule has 0 bridgehead atoms. The fourth-order valence-corrected chi connectivity index (χ4v) is 2.71. The molecule has 0 amide bonds. The minimum absolute atomic E-state index is 0.410. The molecule has 0 saturated carbocycles. The molecule has 4 nitrogen and oxygen atoms in total. The van der Waals surface area contributed by atoms with Crippen LogP contribution in [0, 0.1) is 12.7 Å². The Kier molecular flexibility index (Phi) is 3.92. The molecule has 2 heterocycles. The lowest BCUT2D eigenvalue weighted by Crippen LogP contribution is -2.47. The molecule has 0 aliphatic carbocycles. The van der Waals surface area contributed by atoms with Crippen molar-refractivity contribution in [1.29, 1.82) is 0 Å². The van der Waals surface area contributed by atoms with E-state index in [-0.39, 0.29) is 0 Å². The van der Waals surface area contributed by atoms with Gasteiger partial charge < -0.3 is 9.80 Å². The van der Waals surface area contributed by atoms with Gasteiger partial charge in [-0.25, -0.2) is 14.4 Å². The van der Waals surface area contributed by atoms with Crippen molar-refractivity contribution in [2.24, 2.45) is 0 Å². The van der Waals surface area contributed by atoms with Crippen molar-refractivity contribution in [1.82, 2.24) is 9.97 Å². The normalized spacial score (nSPS) is 15.4. The summed E-state index contributed by atoms with van der Waals surface area (Å²) < 4.78 is 12.9. The second-order valence-corrected chi connectivity index (χ2v) is 5.54. The molecule has 21 heavy (non-hydrogen) atoms. The van der Waals surface area contributed by atoms with Crippen molar-refractivity contribution in [2.45, 2.75) is 6.92 Å². The first kappa shape index (κ1) is 14.1. The lowest BCUT2D eigenvalue weighted by Gasteiger charge is -2.36. The third-order valence-corrected chi connectivity index (χ3v) is 3.92. The van der Waals surface area contributed by atoms with Gasteiger partial charge in [0.15, 0.2) is 5.82 Å². The third kappa shape index (κ3) is 3.08. The van der Waals surface area contributed by atoms with Crippen LogP contribution < -0.4 is 9.80 Å². The van der Waals surface area contributed by atoms with E-state index in [2.05, 4.69) is 26.7 Å². The highest BCUT2D eigenvalue weighted by molar-refractivity contribution is 6.30. The van der Waals surface area contributed by atoms with E-state index in [1.54, 1.807) is 0 Å². The molecule has 0 radical (unpaired) electrons. The van der Waals surface area contributed by atoms with Gasteiger partial charge in [0.05, 0.1) is 12.4 Å². The van der Waals surface area contributed by atoms with E-state index >= 15 is 0 Å². The van der Waals surface area contributed by atoms with Crippen LogP contribution in [0.1, 0.15) is 5.56 Å². The van der Waals surface area contributed by atoms with Crippen molar-refractivity contribution in [2.75, 3.05) is 36.0 Å².